The first-order chi connectivity index (χ1) is 9.27. The molecule has 2 aliphatic rings. The van der Waals surface area contributed by atoms with Crippen LogP contribution < -0.4 is 21.3 Å². The van der Waals surface area contributed by atoms with Gasteiger partial charge in [0.1, 0.15) is 0 Å². The average molecular weight is 260 g/mol. The Kier molecular flexibility index (Phi) is 3.29. The second-order valence-electron chi connectivity index (χ2n) is 5.26. The highest BCUT2D eigenvalue weighted by Crippen LogP contribution is 2.35. The summed E-state index contributed by atoms with van der Waals surface area (Å²) in [4.78, 5) is 13.7. The normalized spacial score (nSPS) is 23.6. The number of primary amides is 1. The van der Waals surface area contributed by atoms with Crippen molar-refractivity contribution in [3.05, 3.63) is 24.3 Å². The van der Waals surface area contributed by atoms with Crippen molar-refractivity contribution in [1.29, 1.82) is 0 Å². The van der Waals surface area contributed by atoms with E-state index in [2.05, 4.69) is 10.6 Å². The number of amides is 2. The van der Waals surface area contributed by atoms with Gasteiger partial charge in [-0.05, 0) is 44.0 Å². The molecule has 2 amide bonds. The molecule has 0 bridgehead atoms. The molecule has 4 N–H and O–H groups in total. The summed E-state index contributed by atoms with van der Waals surface area (Å²) in [5.74, 6) is 0.509. The van der Waals surface area contributed by atoms with Gasteiger partial charge in [-0.2, -0.15) is 0 Å². The van der Waals surface area contributed by atoms with Crippen LogP contribution in [0.25, 0.3) is 0 Å². The van der Waals surface area contributed by atoms with Crippen LogP contribution >= 0.6 is 0 Å². The third-order valence-corrected chi connectivity index (χ3v) is 4.16. The first-order valence-corrected chi connectivity index (χ1v) is 6.89. The molecule has 0 spiro atoms. The van der Waals surface area contributed by atoms with E-state index in [-0.39, 0.29) is 12.1 Å². The van der Waals surface area contributed by atoms with E-state index in [9.17, 15) is 4.79 Å². The number of anilines is 2. The molecule has 0 saturated carbocycles. The summed E-state index contributed by atoms with van der Waals surface area (Å²) in [5, 5.41) is 6.79. The number of urea groups is 1. The van der Waals surface area contributed by atoms with Crippen LogP contribution in [-0.2, 0) is 0 Å². The Labute approximate surface area is 113 Å². The van der Waals surface area contributed by atoms with Crippen molar-refractivity contribution in [2.45, 2.75) is 18.9 Å². The lowest BCUT2D eigenvalue weighted by atomic mass is 9.87. The number of nitrogens with two attached hydrogens (primary N) is 1. The zero-order valence-corrected chi connectivity index (χ0v) is 10.9. The SMILES string of the molecule is NC(=O)N1c2ccccc2NCC1C1CCNCC1. The van der Waals surface area contributed by atoms with Gasteiger partial charge in [-0.3, -0.25) is 4.90 Å². The average Bonchev–Trinajstić information content (AvgIpc) is 2.46. The summed E-state index contributed by atoms with van der Waals surface area (Å²) >= 11 is 0. The van der Waals surface area contributed by atoms with E-state index in [0.717, 1.165) is 43.9 Å². The van der Waals surface area contributed by atoms with E-state index in [1.807, 2.05) is 24.3 Å². The quantitative estimate of drug-likeness (QED) is 0.714. The van der Waals surface area contributed by atoms with Gasteiger partial charge in [0.2, 0.25) is 0 Å². The smallest absolute Gasteiger partial charge is 0.319 e. The van der Waals surface area contributed by atoms with Crippen LogP contribution in [0, 0.1) is 5.92 Å². The number of fused-ring (bicyclic) bond motifs is 1. The molecule has 1 aromatic rings. The van der Waals surface area contributed by atoms with E-state index in [1.165, 1.54) is 0 Å². The highest BCUT2D eigenvalue weighted by molar-refractivity contribution is 5.96. The predicted octanol–water partition coefficient (Wildman–Crippen LogP) is 1.37. The topological polar surface area (TPSA) is 70.4 Å². The molecule has 5 nitrogen and oxygen atoms in total. The fraction of sp³-hybridized carbons (Fsp3) is 0.500. The summed E-state index contributed by atoms with van der Waals surface area (Å²) in [6.45, 7) is 2.83. The van der Waals surface area contributed by atoms with Gasteiger partial charge in [-0.15, -0.1) is 0 Å². The number of piperidine rings is 1. The van der Waals surface area contributed by atoms with Crippen molar-refractivity contribution in [2.75, 3.05) is 29.9 Å². The van der Waals surface area contributed by atoms with Crippen LogP contribution in [0.2, 0.25) is 0 Å². The highest BCUT2D eigenvalue weighted by atomic mass is 16.2. The minimum absolute atomic E-state index is 0.162. The minimum atomic E-state index is -0.350. The Bertz CT molecular complexity index is 470. The number of benzene rings is 1. The summed E-state index contributed by atoms with van der Waals surface area (Å²) in [5.41, 5.74) is 7.52. The molecular formula is C14H20N4O. The van der Waals surface area contributed by atoms with Crippen molar-refractivity contribution >= 4 is 17.4 Å². The molecule has 102 valence electrons. The number of carbonyl (C=O) groups is 1. The first-order valence-electron chi connectivity index (χ1n) is 6.89. The Morgan fingerprint density at radius 3 is 2.74 bits per heavy atom. The third kappa shape index (κ3) is 2.26. The van der Waals surface area contributed by atoms with Gasteiger partial charge in [0.15, 0.2) is 0 Å². The molecule has 2 aliphatic heterocycles. The van der Waals surface area contributed by atoms with E-state index < -0.39 is 0 Å². The van der Waals surface area contributed by atoms with Crippen molar-refractivity contribution < 1.29 is 4.79 Å². The van der Waals surface area contributed by atoms with Gasteiger partial charge < -0.3 is 16.4 Å². The van der Waals surface area contributed by atoms with E-state index in [0.29, 0.717) is 5.92 Å². The van der Waals surface area contributed by atoms with Gasteiger partial charge in [0.05, 0.1) is 17.4 Å². The largest absolute Gasteiger partial charge is 0.381 e. The van der Waals surface area contributed by atoms with Crippen molar-refractivity contribution in [2.24, 2.45) is 11.7 Å². The number of hydrogen-bond donors (Lipinski definition) is 3. The van der Waals surface area contributed by atoms with Gasteiger partial charge in [0, 0.05) is 6.54 Å². The molecule has 1 fully saturated rings. The second-order valence-corrected chi connectivity index (χ2v) is 5.26. The maximum atomic E-state index is 11.9. The molecule has 1 saturated heterocycles. The lowest BCUT2D eigenvalue weighted by Crippen LogP contribution is -2.55. The maximum absolute atomic E-state index is 11.9. The molecule has 0 radical (unpaired) electrons. The molecule has 2 heterocycles. The van der Waals surface area contributed by atoms with Crippen LogP contribution in [0.15, 0.2) is 24.3 Å². The Morgan fingerprint density at radius 1 is 1.26 bits per heavy atom. The number of nitrogens with zero attached hydrogens (tertiary/aromatic N) is 1. The first kappa shape index (κ1) is 12.3. The van der Waals surface area contributed by atoms with Crippen molar-refractivity contribution in [1.82, 2.24) is 5.32 Å². The van der Waals surface area contributed by atoms with E-state index in [4.69, 9.17) is 5.73 Å². The molecule has 1 atom stereocenters. The minimum Gasteiger partial charge on any atom is -0.381 e. The second kappa shape index (κ2) is 5.09. The van der Waals surface area contributed by atoms with Crippen LogP contribution in [-0.4, -0.2) is 31.7 Å². The summed E-state index contributed by atoms with van der Waals surface area (Å²) in [6, 6.07) is 7.67. The standard InChI is InChI=1S/C14H20N4O/c15-14(19)18-12-4-2-1-3-11(12)17-9-13(18)10-5-7-16-8-6-10/h1-4,10,13,16-17H,5-9H2,(H2,15,19). The zero-order valence-electron chi connectivity index (χ0n) is 10.9. The Balaban J connectivity index is 1.91. The van der Waals surface area contributed by atoms with Crippen molar-refractivity contribution in [3.8, 4) is 0 Å². The molecule has 1 unspecified atom stereocenters. The lowest BCUT2D eigenvalue weighted by Gasteiger charge is -2.42. The molecule has 1 aromatic carbocycles. The molecule has 3 rings (SSSR count). The van der Waals surface area contributed by atoms with Gasteiger partial charge in [-0.1, -0.05) is 12.1 Å². The molecule has 19 heavy (non-hydrogen) atoms. The van der Waals surface area contributed by atoms with Crippen LogP contribution in [0.3, 0.4) is 0 Å². The zero-order chi connectivity index (χ0) is 13.2. The number of nitrogens with one attached hydrogen (secondary N) is 2. The van der Waals surface area contributed by atoms with Crippen LogP contribution in [0.5, 0.6) is 0 Å². The molecule has 0 aliphatic carbocycles. The maximum Gasteiger partial charge on any atom is 0.319 e. The Hall–Kier alpha value is -1.75. The lowest BCUT2D eigenvalue weighted by molar-refractivity contribution is 0.243. The van der Waals surface area contributed by atoms with Crippen LogP contribution in [0.1, 0.15) is 12.8 Å². The van der Waals surface area contributed by atoms with Crippen molar-refractivity contribution in [3.63, 3.8) is 0 Å². The molecule has 5 heteroatoms. The number of para-hydroxylation sites is 2. The monoisotopic (exact) mass is 260 g/mol. The molecule has 0 aromatic heterocycles. The number of rotatable bonds is 1. The van der Waals surface area contributed by atoms with Gasteiger partial charge in [-0.25, -0.2) is 4.79 Å². The third-order valence-electron chi connectivity index (χ3n) is 4.16. The predicted molar refractivity (Wildman–Crippen MR) is 76.4 cm³/mol. The number of hydrogen-bond acceptors (Lipinski definition) is 3. The summed E-state index contributed by atoms with van der Waals surface area (Å²) in [7, 11) is 0. The highest BCUT2D eigenvalue weighted by Gasteiger charge is 2.35. The Morgan fingerprint density at radius 2 is 2.00 bits per heavy atom. The summed E-state index contributed by atoms with van der Waals surface area (Å²) in [6.07, 6.45) is 2.19. The van der Waals surface area contributed by atoms with Gasteiger partial charge >= 0.3 is 6.03 Å². The van der Waals surface area contributed by atoms with Crippen LogP contribution in [0.4, 0.5) is 16.2 Å². The summed E-state index contributed by atoms with van der Waals surface area (Å²) < 4.78 is 0. The fourth-order valence-electron chi connectivity index (χ4n) is 3.21. The number of carbonyl (C=O) groups excluding carboxylic acids is 1. The van der Waals surface area contributed by atoms with Gasteiger partial charge in [0.25, 0.3) is 0 Å². The molecular weight excluding hydrogens is 240 g/mol. The van der Waals surface area contributed by atoms with E-state index >= 15 is 0 Å². The van der Waals surface area contributed by atoms with E-state index in [1.54, 1.807) is 4.90 Å². The fourth-order valence-corrected chi connectivity index (χ4v) is 3.21.